The Hall–Kier alpha value is -2.21. The summed E-state index contributed by atoms with van der Waals surface area (Å²) in [5, 5.41) is 12.7. The van der Waals surface area contributed by atoms with E-state index < -0.39 is 18.4 Å². The number of quaternary nitrogens is 1. The second-order valence-electron chi connectivity index (χ2n) is 5.18. The van der Waals surface area contributed by atoms with E-state index in [9.17, 15) is 19.5 Å². The van der Waals surface area contributed by atoms with Crippen molar-refractivity contribution in [3.8, 4) is 0 Å². The number of Topliss-reactive ketones (excluding diaryl/α,β-unsaturated/α-hetero) is 1. The maximum atomic E-state index is 12.0. The van der Waals surface area contributed by atoms with Crippen LogP contribution in [0.4, 0.5) is 0 Å². The smallest absolute Gasteiger partial charge is 0.252 e. The number of benzene rings is 1. The first kappa shape index (κ1) is 15.2. The van der Waals surface area contributed by atoms with Crippen molar-refractivity contribution >= 4 is 17.7 Å². The van der Waals surface area contributed by atoms with Crippen molar-refractivity contribution < 1.29 is 24.4 Å². The molecular weight excluding hydrogens is 272 g/mol. The molecule has 2 rings (SSSR count). The van der Waals surface area contributed by atoms with Crippen LogP contribution >= 0.6 is 0 Å². The molecule has 0 radical (unpaired) electrons. The molecule has 1 fully saturated rings. The van der Waals surface area contributed by atoms with Gasteiger partial charge < -0.3 is 20.1 Å². The summed E-state index contributed by atoms with van der Waals surface area (Å²) in [5.74, 6) is -1.44. The van der Waals surface area contributed by atoms with E-state index in [2.05, 4.69) is 5.32 Å². The topological polar surface area (TPSA) is 90.7 Å². The van der Waals surface area contributed by atoms with Crippen LogP contribution in [0.2, 0.25) is 0 Å². The minimum absolute atomic E-state index is 0.290. The van der Waals surface area contributed by atoms with E-state index in [0.717, 1.165) is 18.7 Å². The predicted octanol–water partition coefficient (Wildman–Crippen LogP) is -2.09. The van der Waals surface area contributed by atoms with Crippen molar-refractivity contribution in [2.75, 3.05) is 19.6 Å². The van der Waals surface area contributed by atoms with Crippen LogP contribution in [-0.4, -0.2) is 37.3 Å². The van der Waals surface area contributed by atoms with Crippen molar-refractivity contribution in [1.29, 1.82) is 0 Å². The van der Waals surface area contributed by atoms with Gasteiger partial charge in [-0.25, -0.2) is 0 Å². The monoisotopic (exact) mass is 290 g/mol. The number of carbonyl (C=O) groups excluding carboxylic acids is 3. The third-order valence-corrected chi connectivity index (χ3v) is 3.61. The van der Waals surface area contributed by atoms with Gasteiger partial charge in [0.05, 0.1) is 38.4 Å². The molecule has 0 spiro atoms. The van der Waals surface area contributed by atoms with Gasteiger partial charge in [0.1, 0.15) is 12.3 Å². The van der Waals surface area contributed by atoms with E-state index in [4.69, 9.17) is 0 Å². The summed E-state index contributed by atoms with van der Waals surface area (Å²) >= 11 is 0. The number of amides is 1. The Morgan fingerprint density at radius 2 is 1.86 bits per heavy atom. The third-order valence-electron chi connectivity index (χ3n) is 3.61. The molecule has 0 atom stereocenters. The van der Waals surface area contributed by atoms with Crippen molar-refractivity contribution in [2.24, 2.45) is 0 Å². The molecular formula is C15H18N2O4. The Labute approximate surface area is 122 Å². The maximum absolute atomic E-state index is 12.0. The fourth-order valence-electron chi connectivity index (χ4n) is 2.47. The lowest BCUT2D eigenvalue weighted by molar-refractivity contribution is -0.915. The van der Waals surface area contributed by atoms with E-state index in [1.165, 1.54) is 4.90 Å². The van der Waals surface area contributed by atoms with Crippen LogP contribution in [0.15, 0.2) is 24.3 Å². The maximum Gasteiger partial charge on any atom is 0.252 e. The molecule has 112 valence electrons. The highest BCUT2D eigenvalue weighted by molar-refractivity contribution is 5.96. The van der Waals surface area contributed by atoms with Gasteiger partial charge in [-0.15, -0.1) is 0 Å². The number of piperidine rings is 1. The number of hydrogen-bond donors (Lipinski definition) is 2. The molecule has 6 nitrogen and oxygen atoms in total. The molecule has 0 bridgehead atoms. The molecule has 0 aliphatic carbocycles. The summed E-state index contributed by atoms with van der Waals surface area (Å²) in [4.78, 5) is 34.9. The average Bonchev–Trinajstić information content (AvgIpc) is 2.48. The number of carbonyl (C=O) groups is 3. The minimum atomic E-state index is -1.32. The first-order chi connectivity index (χ1) is 10.1. The molecule has 2 N–H and O–H groups in total. The molecule has 1 saturated heterocycles. The highest BCUT2D eigenvalue weighted by Crippen LogP contribution is 2.08. The van der Waals surface area contributed by atoms with Crippen molar-refractivity contribution in [3.63, 3.8) is 0 Å². The fraction of sp³-hybridized carbons (Fsp3) is 0.400. The summed E-state index contributed by atoms with van der Waals surface area (Å²) in [6, 6.07) is 7.12. The van der Waals surface area contributed by atoms with E-state index in [1.54, 1.807) is 12.1 Å². The van der Waals surface area contributed by atoms with Gasteiger partial charge in [-0.3, -0.25) is 9.59 Å². The highest BCUT2D eigenvalue weighted by atomic mass is 16.4. The second-order valence-corrected chi connectivity index (χ2v) is 5.18. The zero-order chi connectivity index (χ0) is 15.2. The normalized spacial score (nSPS) is 15.7. The Morgan fingerprint density at radius 1 is 1.19 bits per heavy atom. The largest absolute Gasteiger partial charge is 0.548 e. The van der Waals surface area contributed by atoms with Crippen molar-refractivity contribution in [2.45, 2.75) is 19.4 Å². The molecule has 1 aromatic carbocycles. The van der Waals surface area contributed by atoms with Crippen LogP contribution in [-0.2, 0) is 16.1 Å². The predicted molar refractivity (Wildman–Crippen MR) is 72.4 cm³/mol. The minimum Gasteiger partial charge on any atom is -0.548 e. The van der Waals surface area contributed by atoms with Crippen molar-refractivity contribution in [3.05, 3.63) is 35.4 Å². The molecule has 0 aromatic heterocycles. The number of aliphatic carboxylic acids is 1. The Morgan fingerprint density at radius 3 is 2.52 bits per heavy atom. The quantitative estimate of drug-likeness (QED) is 0.651. The van der Waals surface area contributed by atoms with E-state index in [1.807, 2.05) is 12.1 Å². The van der Waals surface area contributed by atoms with Gasteiger partial charge in [-0.05, 0) is 6.07 Å². The number of rotatable bonds is 5. The van der Waals surface area contributed by atoms with Gasteiger partial charge in [-0.2, -0.15) is 0 Å². The summed E-state index contributed by atoms with van der Waals surface area (Å²) in [7, 11) is 0. The van der Waals surface area contributed by atoms with Gasteiger partial charge in [0.2, 0.25) is 0 Å². The molecule has 1 aromatic rings. The van der Waals surface area contributed by atoms with Crippen LogP contribution in [0.3, 0.4) is 0 Å². The van der Waals surface area contributed by atoms with Crippen LogP contribution in [0.1, 0.15) is 28.8 Å². The van der Waals surface area contributed by atoms with E-state index in [-0.39, 0.29) is 0 Å². The third kappa shape index (κ3) is 4.39. The zero-order valence-electron chi connectivity index (χ0n) is 11.7. The lowest BCUT2D eigenvalue weighted by atomic mass is 10.0. The van der Waals surface area contributed by atoms with Crippen LogP contribution in [0, 0.1) is 0 Å². The molecule has 1 amide bonds. The van der Waals surface area contributed by atoms with E-state index >= 15 is 0 Å². The molecule has 0 unspecified atom stereocenters. The van der Waals surface area contributed by atoms with Crippen LogP contribution < -0.4 is 15.3 Å². The molecule has 1 aliphatic heterocycles. The number of carboxylic acids is 1. The summed E-state index contributed by atoms with van der Waals surface area (Å²) in [5.41, 5.74) is 1.33. The Balaban J connectivity index is 2.04. The molecule has 6 heteroatoms. The van der Waals surface area contributed by atoms with Crippen LogP contribution in [0.5, 0.6) is 0 Å². The summed E-state index contributed by atoms with van der Waals surface area (Å²) in [6.07, 6.45) is 1.16. The van der Waals surface area contributed by atoms with Gasteiger partial charge in [0.25, 0.3) is 5.91 Å². The first-order valence-electron chi connectivity index (χ1n) is 6.97. The Kier molecular flexibility index (Phi) is 5.05. The summed E-state index contributed by atoms with van der Waals surface area (Å²) < 4.78 is 0. The fourth-order valence-corrected chi connectivity index (χ4v) is 2.47. The standard InChI is InChI=1S/C15H18N2O4/c18-12-5-7-17(8-6-12)10-11-3-1-2-4-13(11)15(21)16-9-14(19)20/h1-4H,5-10H2,(H,16,21)(H,19,20). The second kappa shape index (κ2) is 6.99. The number of hydrogen-bond acceptors (Lipinski definition) is 4. The molecule has 1 aliphatic rings. The lowest BCUT2D eigenvalue weighted by Crippen LogP contribution is -3.11. The summed E-state index contributed by atoms with van der Waals surface area (Å²) in [6.45, 7) is 1.70. The Bertz CT molecular complexity index is 546. The van der Waals surface area contributed by atoms with Gasteiger partial charge >= 0.3 is 0 Å². The molecule has 0 saturated carbocycles. The first-order valence-corrected chi connectivity index (χ1v) is 6.97. The van der Waals surface area contributed by atoms with Gasteiger partial charge in [-0.1, -0.05) is 18.2 Å². The molecule has 21 heavy (non-hydrogen) atoms. The lowest BCUT2D eigenvalue weighted by Gasteiger charge is -2.23. The van der Waals surface area contributed by atoms with Crippen LogP contribution in [0.25, 0.3) is 0 Å². The number of carboxylic acid groups (broad SMARTS) is 1. The van der Waals surface area contributed by atoms with Gasteiger partial charge in [0, 0.05) is 11.1 Å². The van der Waals surface area contributed by atoms with Gasteiger partial charge in [0.15, 0.2) is 0 Å². The average molecular weight is 290 g/mol. The van der Waals surface area contributed by atoms with E-state index in [0.29, 0.717) is 30.7 Å². The zero-order valence-corrected chi connectivity index (χ0v) is 11.7. The number of ketones is 1. The highest BCUT2D eigenvalue weighted by Gasteiger charge is 2.21. The SMILES string of the molecule is O=C([O-])CNC(=O)c1ccccc1C[NH+]1CCC(=O)CC1. The number of nitrogens with one attached hydrogen (secondary N) is 2. The van der Waals surface area contributed by atoms with Crippen molar-refractivity contribution in [1.82, 2.24) is 5.32 Å². The number of likely N-dealkylation sites (tertiary alicyclic amines) is 1. The molecule has 1 heterocycles.